The van der Waals surface area contributed by atoms with Gasteiger partial charge in [0.25, 0.3) is 0 Å². The van der Waals surface area contributed by atoms with Crippen LogP contribution in [0, 0.1) is 27.7 Å². The van der Waals surface area contributed by atoms with Crippen molar-refractivity contribution in [3.63, 3.8) is 0 Å². The molecule has 2 rings (SSSR count). The Morgan fingerprint density at radius 2 is 1.58 bits per heavy atom. The highest BCUT2D eigenvalue weighted by molar-refractivity contribution is 14.0. The van der Waals surface area contributed by atoms with Crippen LogP contribution in [0.15, 0.2) is 23.2 Å². The lowest BCUT2D eigenvalue weighted by Crippen LogP contribution is -2.39. The highest BCUT2D eigenvalue weighted by Gasteiger charge is 2.09. The number of aryl methyl sites for hydroxylation is 4. The Morgan fingerprint density at radius 1 is 1.00 bits per heavy atom. The van der Waals surface area contributed by atoms with Crippen molar-refractivity contribution >= 4 is 29.9 Å². The quantitative estimate of drug-likeness (QED) is 0.388. The molecule has 144 valence electrons. The zero-order chi connectivity index (χ0) is 18.4. The van der Waals surface area contributed by atoms with E-state index in [9.17, 15) is 0 Å². The molecule has 2 aromatic rings. The molecule has 0 spiro atoms. The summed E-state index contributed by atoms with van der Waals surface area (Å²) in [5, 5.41) is 11.3. The molecular formula is C20H32IN5. The van der Waals surface area contributed by atoms with E-state index in [0.29, 0.717) is 0 Å². The van der Waals surface area contributed by atoms with E-state index in [4.69, 9.17) is 0 Å². The molecule has 0 aliphatic heterocycles. The van der Waals surface area contributed by atoms with E-state index >= 15 is 0 Å². The smallest absolute Gasteiger partial charge is 0.190 e. The normalized spacial score (nSPS) is 11.2. The van der Waals surface area contributed by atoms with Crippen LogP contribution in [0.3, 0.4) is 0 Å². The summed E-state index contributed by atoms with van der Waals surface area (Å²) in [5.74, 6) is 0.851. The lowest BCUT2D eigenvalue weighted by molar-refractivity contribution is 0.728. The third-order valence-electron chi connectivity index (χ3n) is 4.54. The van der Waals surface area contributed by atoms with Gasteiger partial charge >= 0.3 is 0 Å². The molecule has 0 saturated carbocycles. The Balaban J connectivity index is 0.00000338. The average Bonchev–Trinajstić information content (AvgIpc) is 2.78. The highest BCUT2D eigenvalue weighted by Crippen LogP contribution is 2.12. The number of nitrogens with zero attached hydrogens (tertiary/aromatic N) is 3. The van der Waals surface area contributed by atoms with Gasteiger partial charge < -0.3 is 10.6 Å². The second-order valence-electron chi connectivity index (χ2n) is 6.69. The molecule has 0 amide bonds. The average molecular weight is 469 g/mol. The van der Waals surface area contributed by atoms with Crippen molar-refractivity contribution in [2.45, 2.75) is 40.5 Å². The van der Waals surface area contributed by atoms with Gasteiger partial charge in [-0.1, -0.05) is 29.3 Å². The van der Waals surface area contributed by atoms with Crippen molar-refractivity contribution in [1.29, 1.82) is 0 Å². The predicted molar refractivity (Wildman–Crippen MR) is 121 cm³/mol. The van der Waals surface area contributed by atoms with Gasteiger partial charge in [-0.2, -0.15) is 5.10 Å². The first-order chi connectivity index (χ1) is 11.9. The number of aromatic nitrogens is 2. The van der Waals surface area contributed by atoms with Gasteiger partial charge in [-0.25, -0.2) is 0 Å². The number of nitrogens with one attached hydrogen (secondary N) is 2. The van der Waals surface area contributed by atoms with Crippen molar-refractivity contribution < 1.29 is 0 Å². The maximum atomic E-state index is 4.47. The van der Waals surface area contributed by atoms with Crippen LogP contribution < -0.4 is 10.6 Å². The summed E-state index contributed by atoms with van der Waals surface area (Å²) in [7, 11) is 3.81. The molecule has 5 nitrogen and oxygen atoms in total. The van der Waals surface area contributed by atoms with Crippen LogP contribution in [0.2, 0.25) is 0 Å². The maximum absolute atomic E-state index is 4.47. The van der Waals surface area contributed by atoms with Crippen LogP contribution in [-0.4, -0.2) is 35.9 Å². The van der Waals surface area contributed by atoms with E-state index < -0.39 is 0 Å². The third kappa shape index (κ3) is 6.30. The van der Waals surface area contributed by atoms with Crippen LogP contribution in [0.4, 0.5) is 0 Å². The van der Waals surface area contributed by atoms with Gasteiger partial charge in [0.1, 0.15) is 0 Å². The van der Waals surface area contributed by atoms with Crippen molar-refractivity contribution in [2.75, 3.05) is 20.1 Å². The van der Waals surface area contributed by atoms with Crippen LogP contribution in [-0.2, 0) is 19.9 Å². The topological polar surface area (TPSA) is 54.2 Å². The first-order valence-electron chi connectivity index (χ1n) is 8.91. The Hall–Kier alpha value is -1.57. The molecule has 0 aliphatic rings. The van der Waals surface area contributed by atoms with E-state index in [1.807, 2.05) is 18.8 Å². The monoisotopic (exact) mass is 469 g/mol. The largest absolute Gasteiger partial charge is 0.356 e. The summed E-state index contributed by atoms with van der Waals surface area (Å²) >= 11 is 0. The fourth-order valence-corrected chi connectivity index (χ4v) is 3.24. The summed E-state index contributed by atoms with van der Waals surface area (Å²) < 4.78 is 1.95. The van der Waals surface area contributed by atoms with Gasteiger partial charge in [0.2, 0.25) is 0 Å². The molecule has 1 aromatic carbocycles. The molecule has 1 heterocycles. The lowest BCUT2D eigenvalue weighted by Gasteiger charge is -2.12. The Bertz CT molecular complexity index is 729. The SMILES string of the molecule is CN=C(NCCc1cc(C)cc(C)c1)NCCc1c(C)nn(C)c1C.I. The van der Waals surface area contributed by atoms with E-state index in [-0.39, 0.29) is 24.0 Å². The van der Waals surface area contributed by atoms with Gasteiger partial charge in [-0.15, -0.1) is 24.0 Å². The van der Waals surface area contributed by atoms with Gasteiger partial charge in [-0.3, -0.25) is 9.67 Å². The third-order valence-corrected chi connectivity index (χ3v) is 4.54. The fraction of sp³-hybridized carbons (Fsp3) is 0.500. The Labute approximate surface area is 174 Å². The second kappa shape index (κ2) is 10.5. The fourth-order valence-electron chi connectivity index (χ4n) is 3.24. The summed E-state index contributed by atoms with van der Waals surface area (Å²) in [5.41, 5.74) is 7.67. The number of rotatable bonds is 6. The molecule has 0 unspecified atom stereocenters. The van der Waals surface area contributed by atoms with E-state index in [1.165, 1.54) is 27.9 Å². The molecule has 26 heavy (non-hydrogen) atoms. The summed E-state index contributed by atoms with van der Waals surface area (Å²) in [6, 6.07) is 6.71. The molecule has 6 heteroatoms. The molecule has 1 aromatic heterocycles. The molecular weight excluding hydrogens is 437 g/mol. The number of hydrogen-bond acceptors (Lipinski definition) is 2. The molecule has 2 N–H and O–H groups in total. The lowest BCUT2D eigenvalue weighted by atomic mass is 10.1. The molecule has 0 bridgehead atoms. The number of benzene rings is 1. The van der Waals surface area contributed by atoms with Crippen LogP contribution in [0.5, 0.6) is 0 Å². The minimum Gasteiger partial charge on any atom is -0.356 e. The van der Waals surface area contributed by atoms with Gasteiger partial charge in [0.05, 0.1) is 5.69 Å². The highest BCUT2D eigenvalue weighted by atomic mass is 127. The summed E-state index contributed by atoms with van der Waals surface area (Å²) in [4.78, 5) is 4.31. The first kappa shape index (κ1) is 22.5. The first-order valence-corrected chi connectivity index (χ1v) is 8.91. The van der Waals surface area contributed by atoms with Crippen LogP contribution >= 0.6 is 24.0 Å². The summed E-state index contributed by atoms with van der Waals surface area (Å²) in [6.07, 6.45) is 1.94. The second-order valence-corrected chi connectivity index (χ2v) is 6.69. The molecule has 0 aliphatic carbocycles. The van der Waals surface area contributed by atoms with Crippen molar-refractivity contribution in [3.8, 4) is 0 Å². The van der Waals surface area contributed by atoms with E-state index in [0.717, 1.165) is 37.6 Å². The van der Waals surface area contributed by atoms with Gasteiger partial charge in [0, 0.05) is 32.9 Å². The van der Waals surface area contributed by atoms with E-state index in [1.54, 1.807) is 0 Å². The predicted octanol–water partition coefficient (Wildman–Crippen LogP) is 3.22. The zero-order valence-corrected chi connectivity index (χ0v) is 19.1. The number of halogens is 1. The zero-order valence-electron chi connectivity index (χ0n) is 16.8. The van der Waals surface area contributed by atoms with Crippen molar-refractivity contribution in [3.05, 3.63) is 51.8 Å². The minimum absolute atomic E-state index is 0. The van der Waals surface area contributed by atoms with Crippen molar-refractivity contribution in [1.82, 2.24) is 20.4 Å². The van der Waals surface area contributed by atoms with Crippen molar-refractivity contribution in [2.24, 2.45) is 12.0 Å². The number of guanidine groups is 1. The maximum Gasteiger partial charge on any atom is 0.190 e. The van der Waals surface area contributed by atoms with Crippen LogP contribution in [0.25, 0.3) is 0 Å². The van der Waals surface area contributed by atoms with Crippen LogP contribution in [0.1, 0.15) is 33.6 Å². The van der Waals surface area contributed by atoms with Gasteiger partial charge in [0.15, 0.2) is 5.96 Å². The van der Waals surface area contributed by atoms with E-state index in [2.05, 4.69) is 66.6 Å². The molecule has 0 saturated heterocycles. The summed E-state index contributed by atoms with van der Waals surface area (Å²) in [6.45, 7) is 10.2. The molecule has 0 fully saturated rings. The van der Waals surface area contributed by atoms with Gasteiger partial charge in [-0.05, 0) is 51.7 Å². The Kier molecular flexibility index (Phi) is 9.12. The Morgan fingerprint density at radius 3 is 2.08 bits per heavy atom. The number of hydrogen-bond donors (Lipinski definition) is 2. The standard InChI is InChI=1S/C20H31N5.HI/c1-14-11-15(2)13-18(12-14)7-9-22-20(21-5)23-10-8-19-16(3)24-25(6)17(19)4;/h11-13H,7-10H2,1-6H3,(H2,21,22,23);1H. The number of aliphatic imine (C=N–C) groups is 1. The minimum atomic E-state index is 0. The molecule has 0 radical (unpaired) electrons. The molecule has 0 atom stereocenters.